The predicted octanol–water partition coefficient (Wildman–Crippen LogP) is 4.16. The highest BCUT2D eigenvalue weighted by Gasteiger charge is 2.11. The average molecular weight is 423 g/mol. The number of hydrogen-bond donors (Lipinski definition) is 1. The van der Waals surface area contributed by atoms with Crippen LogP contribution in [0.25, 0.3) is 0 Å². The number of carbonyl (C=O) groups excluding carboxylic acids is 1. The van der Waals surface area contributed by atoms with E-state index in [0.29, 0.717) is 36.8 Å². The highest BCUT2D eigenvalue weighted by atomic mass is 19.1. The predicted molar refractivity (Wildman–Crippen MR) is 118 cm³/mol. The summed E-state index contributed by atoms with van der Waals surface area (Å²) < 4.78 is 25.1. The summed E-state index contributed by atoms with van der Waals surface area (Å²) in [6.07, 6.45) is 0. The number of amides is 1. The first-order valence-electron chi connectivity index (χ1n) is 10.1. The maximum atomic E-state index is 13.8. The first kappa shape index (κ1) is 22.3. The fourth-order valence-electron chi connectivity index (χ4n) is 3.15. The van der Waals surface area contributed by atoms with E-state index in [2.05, 4.69) is 5.32 Å². The second-order valence-electron chi connectivity index (χ2n) is 7.30. The fourth-order valence-corrected chi connectivity index (χ4v) is 3.15. The number of likely N-dealkylation sites (N-methyl/N-ethyl adjacent to an activating group) is 1. The molecule has 162 valence electrons. The lowest BCUT2D eigenvalue weighted by molar-refractivity contribution is -0.122. The van der Waals surface area contributed by atoms with Crippen molar-refractivity contribution in [2.45, 2.75) is 19.7 Å². The molecule has 3 aromatic rings. The number of hydrogen-bond acceptors (Lipinski definition) is 4. The monoisotopic (exact) mass is 422 g/mol. The number of carbonyl (C=O) groups is 1. The highest BCUT2D eigenvalue weighted by Crippen LogP contribution is 2.28. The average Bonchev–Trinajstić information content (AvgIpc) is 2.78. The number of ether oxygens (including phenoxy) is 2. The molecule has 0 atom stereocenters. The summed E-state index contributed by atoms with van der Waals surface area (Å²) in [5, 5.41) is 2.89. The summed E-state index contributed by atoms with van der Waals surface area (Å²) in [5.41, 5.74) is 2.53. The molecule has 0 saturated carbocycles. The van der Waals surface area contributed by atoms with Crippen LogP contribution in [0.5, 0.6) is 11.5 Å². The van der Waals surface area contributed by atoms with Crippen LogP contribution in [-0.2, 0) is 24.5 Å². The van der Waals surface area contributed by atoms with Gasteiger partial charge in [0.25, 0.3) is 0 Å². The smallest absolute Gasteiger partial charge is 0.234 e. The molecular formula is C25H27FN2O3. The van der Waals surface area contributed by atoms with Crippen molar-refractivity contribution in [2.24, 2.45) is 0 Å². The first-order chi connectivity index (χ1) is 15.0. The molecular weight excluding hydrogens is 395 g/mol. The number of nitrogens with one attached hydrogen (secondary N) is 1. The summed E-state index contributed by atoms with van der Waals surface area (Å²) in [6.45, 7) is 1.34. The molecule has 0 aromatic heterocycles. The lowest BCUT2D eigenvalue weighted by Crippen LogP contribution is -2.34. The van der Waals surface area contributed by atoms with Crippen LogP contribution in [0, 0.1) is 5.82 Å². The van der Waals surface area contributed by atoms with E-state index in [1.54, 1.807) is 37.3 Å². The SMILES string of the molecule is COc1cc(CNC(=O)CN(C)Cc2ccccc2F)ccc1OCc1ccccc1. The van der Waals surface area contributed by atoms with E-state index in [9.17, 15) is 9.18 Å². The Kier molecular flexibility index (Phi) is 8.01. The van der Waals surface area contributed by atoms with E-state index < -0.39 is 0 Å². The summed E-state index contributed by atoms with van der Waals surface area (Å²) in [5.74, 6) is 0.851. The molecule has 0 unspecified atom stereocenters. The molecule has 31 heavy (non-hydrogen) atoms. The van der Waals surface area contributed by atoms with Gasteiger partial charge in [-0.25, -0.2) is 4.39 Å². The van der Waals surface area contributed by atoms with Gasteiger partial charge in [0.2, 0.25) is 5.91 Å². The van der Waals surface area contributed by atoms with E-state index in [1.807, 2.05) is 48.5 Å². The van der Waals surface area contributed by atoms with Gasteiger partial charge in [0, 0.05) is 18.7 Å². The third-order valence-electron chi connectivity index (χ3n) is 4.77. The van der Waals surface area contributed by atoms with Crippen LogP contribution in [0.15, 0.2) is 72.8 Å². The Morgan fingerprint density at radius 1 is 0.968 bits per heavy atom. The zero-order valence-corrected chi connectivity index (χ0v) is 17.8. The van der Waals surface area contributed by atoms with Crippen molar-refractivity contribution >= 4 is 5.91 Å². The molecule has 0 bridgehead atoms. The van der Waals surface area contributed by atoms with Gasteiger partial charge >= 0.3 is 0 Å². The molecule has 3 rings (SSSR count). The van der Waals surface area contributed by atoms with Gasteiger partial charge in [0.15, 0.2) is 11.5 Å². The molecule has 0 spiro atoms. The maximum Gasteiger partial charge on any atom is 0.234 e. The molecule has 0 aliphatic carbocycles. The topological polar surface area (TPSA) is 50.8 Å². The first-order valence-corrected chi connectivity index (χ1v) is 10.1. The van der Waals surface area contributed by atoms with Crippen LogP contribution in [0.3, 0.4) is 0 Å². The van der Waals surface area contributed by atoms with Gasteiger partial charge in [-0.1, -0.05) is 54.6 Å². The molecule has 0 aliphatic heterocycles. The highest BCUT2D eigenvalue weighted by molar-refractivity contribution is 5.78. The van der Waals surface area contributed by atoms with Crippen molar-refractivity contribution in [3.05, 3.63) is 95.3 Å². The zero-order chi connectivity index (χ0) is 22.1. The minimum atomic E-state index is -0.267. The molecule has 0 saturated heterocycles. The van der Waals surface area contributed by atoms with Crippen molar-refractivity contribution in [1.29, 1.82) is 0 Å². The van der Waals surface area contributed by atoms with E-state index >= 15 is 0 Å². The van der Waals surface area contributed by atoms with E-state index in [4.69, 9.17) is 9.47 Å². The molecule has 5 nitrogen and oxygen atoms in total. The second kappa shape index (κ2) is 11.1. The third kappa shape index (κ3) is 6.83. The van der Waals surface area contributed by atoms with Crippen molar-refractivity contribution in [3.8, 4) is 11.5 Å². The quantitative estimate of drug-likeness (QED) is 0.533. The Labute approximate surface area is 182 Å². The summed E-state index contributed by atoms with van der Waals surface area (Å²) in [7, 11) is 3.37. The third-order valence-corrected chi connectivity index (χ3v) is 4.77. The lowest BCUT2D eigenvalue weighted by Gasteiger charge is -2.17. The second-order valence-corrected chi connectivity index (χ2v) is 7.30. The van der Waals surface area contributed by atoms with Crippen LogP contribution in [0.4, 0.5) is 4.39 Å². The van der Waals surface area contributed by atoms with Gasteiger partial charge in [-0.3, -0.25) is 9.69 Å². The number of nitrogens with zero attached hydrogens (tertiary/aromatic N) is 1. The van der Waals surface area contributed by atoms with Gasteiger partial charge in [-0.15, -0.1) is 0 Å². The minimum absolute atomic E-state index is 0.137. The number of methoxy groups -OCH3 is 1. The molecule has 0 radical (unpaired) electrons. The molecule has 1 amide bonds. The van der Waals surface area contributed by atoms with E-state index in [1.165, 1.54) is 6.07 Å². The van der Waals surface area contributed by atoms with E-state index in [0.717, 1.165) is 11.1 Å². The van der Waals surface area contributed by atoms with Crippen molar-refractivity contribution in [1.82, 2.24) is 10.2 Å². The van der Waals surface area contributed by atoms with Gasteiger partial charge in [0.1, 0.15) is 12.4 Å². The van der Waals surface area contributed by atoms with Gasteiger partial charge in [-0.05, 0) is 36.4 Å². The van der Waals surface area contributed by atoms with Crippen molar-refractivity contribution in [3.63, 3.8) is 0 Å². The summed E-state index contributed by atoms with van der Waals surface area (Å²) in [4.78, 5) is 14.1. The summed E-state index contributed by atoms with van der Waals surface area (Å²) in [6, 6.07) is 22.1. The molecule has 3 aromatic carbocycles. The normalized spacial score (nSPS) is 10.7. The van der Waals surface area contributed by atoms with Crippen LogP contribution in [0.2, 0.25) is 0 Å². The Bertz CT molecular complexity index is 995. The zero-order valence-electron chi connectivity index (χ0n) is 17.8. The largest absolute Gasteiger partial charge is 0.493 e. The Morgan fingerprint density at radius 3 is 2.45 bits per heavy atom. The Morgan fingerprint density at radius 2 is 1.71 bits per heavy atom. The summed E-state index contributed by atoms with van der Waals surface area (Å²) >= 11 is 0. The Balaban J connectivity index is 1.50. The van der Waals surface area contributed by atoms with Gasteiger partial charge < -0.3 is 14.8 Å². The molecule has 0 aliphatic rings. The number of rotatable bonds is 10. The van der Waals surface area contributed by atoms with Crippen LogP contribution < -0.4 is 14.8 Å². The van der Waals surface area contributed by atoms with Crippen LogP contribution in [-0.4, -0.2) is 31.5 Å². The standard InChI is InChI=1S/C25H27FN2O3/c1-28(16-21-10-6-7-11-22(21)26)17-25(29)27-15-20-12-13-23(24(14-20)30-2)31-18-19-8-4-3-5-9-19/h3-14H,15-18H2,1-2H3,(H,27,29). The molecule has 0 fully saturated rings. The van der Waals surface area contributed by atoms with Crippen molar-refractivity contribution in [2.75, 3.05) is 20.7 Å². The van der Waals surface area contributed by atoms with Crippen molar-refractivity contribution < 1.29 is 18.7 Å². The van der Waals surface area contributed by atoms with Crippen LogP contribution in [0.1, 0.15) is 16.7 Å². The number of halogens is 1. The van der Waals surface area contributed by atoms with Crippen LogP contribution >= 0.6 is 0 Å². The number of benzene rings is 3. The van der Waals surface area contributed by atoms with Gasteiger partial charge in [-0.2, -0.15) is 0 Å². The fraction of sp³-hybridized carbons (Fsp3) is 0.240. The molecule has 6 heteroatoms. The molecule has 0 heterocycles. The Hall–Kier alpha value is -3.38. The van der Waals surface area contributed by atoms with E-state index in [-0.39, 0.29) is 18.3 Å². The minimum Gasteiger partial charge on any atom is -0.493 e. The lowest BCUT2D eigenvalue weighted by atomic mass is 10.2. The molecule has 1 N–H and O–H groups in total. The maximum absolute atomic E-state index is 13.8. The van der Waals surface area contributed by atoms with Gasteiger partial charge in [0.05, 0.1) is 13.7 Å².